The third-order valence-electron chi connectivity index (χ3n) is 2.52. The number of rotatable bonds is 10. The summed E-state index contributed by atoms with van der Waals surface area (Å²) >= 11 is 2.09. The number of carbonyl (C=O) groups is 1. The molecule has 0 aliphatic rings. The van der Waals surface area contributed by atoms with Gasteiger partial charge < -0.3 is 9.84 Å². The fraction of sp³-hybridized carbons (Fsp3) is 0.923. The molecule has 102 valence electrons. The van der Waals surface area contributed by atoms with Gasteiger partial charge in [0.25, 0.3) is 0 Å². The largest absolute Gasteiger partial charge is 0.465 e. The molecule has 3 nitrogen and oxygen atoms in total. The molecule has 0 heterocycles. The fourth-order valence-electron chi connectivity index (χ4n) is 1.43. The molecule has 0 saturated carbocycles. The average molecular weight is 356 g/mol. The van der Waals surface area contributed by atoms with Crippen LogP contribution >= 0.6 is 22.6 Å². The van der Waals surface area contributed by atoms with E-state index in [1.54, 1.807) is 0 Å². The van der Waals surface area contributed by atoms with Crippen LogP contribution in [0, 0.1) is 0 Å². The molecular weight excluding hydrogens is 331 g/mol. The maximum absolute atomic E-state index is 11.4. The topological polar surface area (TPSA) is 46.5 Å². The number of aliphatic hydroxyl groups excluding tert-OH is 1. The highest BCUT2D eigenvalue weighted by atomic mass is 127. The zero-order chi connectivity index (χ0) is 13.1. The van der Waals surface area contributed by atoms with Gasteiger partial charge in [0.1, 0.15) is 3.42 Å². The Morgan fingerprint density at radius 3 is 2.00 bits per heavy atom. The second-order valence-electron chi connectivity index (χ2n) is 4.81. The van der Waals surface area contributed by atoms with Gasteiger partial charge in [0.05, 0.1) is 6.61 Å². The lowest BCUT2D eigenvalue weighted by molar-refractivity contribution is -0.145. The highest BCUT2D eigenvalue weighted by molar-refractivity contribution is 14.1. The first-order valence-corrected chi connectivity index (χ1v) is 7.53. The number of carbonyl (C=O) groups excluding carboxylic acids is 1. The van der Waals surface area contributed by atoms with Gasteiger partial charge in [-0.25, -0.2) is 0 Å². The van der Waals surface area contributed by atoms with Crippen molar-refractivity contribution in [3.05, 3.63) is 0 Å². The molecule has 1 N–H and O–H groups in total. The highest BCUT2D eigenvalue weighted by Crippen LogP contribution is 2.18. The van der Waals surface area contributed by atoms with Gasteiger partial charge in [0.2, 0.25) is 0 Å². The van der Waals surface area contributed by atoms with Gasteiger partial charge in [-0.1, -0.05) is 54.7 Å². The molecule has 0 aromatic carbocycles. The zero-order valence-corrected chi connectivity index (χ0v) is 13.2. The van der Waals surface area contributed by atoms with Gasteiger partial charge >= 0.3 is 5.97 Å². The minimum Gasteiger partial charge on any atom is -0.465 e. The van der Waals surface area contributed by atoms with Crippen LogP contribution in [0.15, 0.2) is 0 Å². The van der Waals surface area contributed by atoms with Crippen LogP contribution in [0.3, 0.4) is 0 Å². The Bertz CT molecular complexity index is 199. The van der Waals surface area contributed by atoms with Gasteiger partial charge in [-0.05, 0) is 26.7 Å². The van der Waals surface area contributed by atoms with E-state index in [1.165, 1.54) is 19.3 Å². The van der Waals surface area contributed by atoms with E-state index < -0.39 is 3.42 Å². The second-order valence-corrected chi connectivity index (χ2v) is 7.50. The van der Waals surface area contributed by atoms with E-state index >= 15 is 0 Å². The summed E-state index contributed by atoms with van der Waals surface area (Å²) in [6.07, 6.45) is 7.72. The van der Waals surface area contributed by atoms with Crippen LogP contribution in [0.25, 0.3) is 0 Å². The van der Waals surface area contributed by atoms with Crippen molar-refractivity contribution in [3.8, 4) is 0 Å². The SMILES string of the molecule is CC(C)(I)C(=O)OCCCCCCCCCO. The van der Waals surface area contributed by atoms with Crippen molar-refractivity contribution in [1.29, 1.82) is 0 Å². The first-order chi connectivity index (χ1) is 7.98. The van der Waals surface area contributed by atoms with Crippen molar-refractivity contribution in [2.24, 2.45) is 0 Å². The normalized spacial score (nSPS) is 11.5. The van der Waals surface area contributed by atoms with E-state index in [0.29, 0.717) is 13.2 Å². The van der Waals surface area contributed by atoms with Crippen molar-refractivity contribution in [2.75, 3.05) is 13.2 Å². The molecule has 17 heavy (non-hydrogen) atoms. The van der Waals surface area contributed by atoms with Crippen LogP contribution in [0.4, 0.5) is 0 Å². The minimum atomic E-state index is -0.415. The average Bonchev–Trinajstić information content (AvgIpc) is 2.25. The molecule has 0 aliphatic heterocycles. The molecular formula is C13H25IO3. The lowest BCUT2D eigenvalue weighted by Crippen LogP contribution is -2.26. The summed E-state index contributed by atoms with van der Waals surface area (Å²) in [5.41, 5.74) is 0. The third-order valence-corrected chi connectivity index (χ3v) is 2.96. The van der Waals surface area contributed by atoms with Crippen molar-refractivity contribution in [2.45, 2.75) is 62.2 Å². The smallest absolute Gasteiger partial charge is 0.321 e. The van der Waals surface area contributed by atoms with Gasteiger partial charge in [-0.3, -0.25) is 4.79 Å². The molecule has 0 amide bonds. The van der Waals surface area contributed by atoms with E-state index in [-0.39, 0.29) is 5.97 Å². The molecule has 0 radical (unpaired) electrons. The van der Waals surface area contributed by atoms with E-state index in [4.69, 9.17) is 9.84 Å². The molecule has 0 atom stereocenters. The summed E-state index contributed by atoms with van der Waals surface area (Å²) in [4.78, 5) is 11.4. The van der Waals surface area contributed by atoms with E-state index in [9.17, 15) is 4.79 Å². The summed E-state index contributed by atoms with van der Waals surface area (Å²) in [6.45, 7) is 4.57. The highest BCUT2D eigenvalue weighted by Gasteiger charge is 2.24. The van der Waals surface area contributed by atoms with Crippen LogP contribution < -0.4 is 0 Å². The number of aliphatic hydroxyl groups is 1. The predicted molar refractivity (Wildman–Crippen MR) is 78.5 cm³/mol. The Labute approximate surface area is 118 Å². The van der Waals surface area contributed by atoms with E-state index in [0.717, 1.165) is 25.7 Å². The quantitative estimate of drug-likeness (QED) is 0.282. The number of unbranched alkanes of at least 4 members (excludes halogenated alkanes) is 6. The van der Waals surface area contributed by atoms with E-state index in [1.807, 2.05) is 13.8 Å². The summed E-state index contributed by atoms with van der Waals surface area (Å²) < 4.78 is 4.76. The molecule has 0 bridgehead atoms. The van der Waals surface area contributed by atoms with Crippen LogP contribution in [-0.2, 0) is 9.53 Å². The maximum Gasteiger partial charge on any atom is 0.321 e. The number of esters is 1. The molecule has 0 unspecified atom stereocenters. The molecule has 0 spiro atoms. The number of hydrogen-bond donors (Lipinski definition) is 1. The molecule has 0 aliphatic carbocycles. The minimum absolute atomic E-state index is 0.124. The first-order valence-electron chi connectivity index (χ1n) is 6.45. The summed E-state index contributed by atoms with van der Waals surface area (Å²) in [7, 11) is 0. The van der Waals surface area contributed by atoms with Gasteiger partial charge in [-0.15, -0.1) is 0 Å². The number of ether oxygens (including phenoxy) is 1. The second kappa shape index (κ2) is 10.1. The van der Waals surface area contributed by atoms with Crippen molar-refractivity contribution < 1.29 is 14.6 Å². The lowest BCUT2D eigenvalue weighted by Gasteiger charge is -2.14. The summed E-state index contributed by atoms with van der Waals surface area (Å²) in [5.74, 6) is -0.124. The number of hydrogen-bond acceptors (Lipinski definition) is 3. The monoisotopic (exact) mass is 356 g/mol. The Kier molecular flexibility index (Phi) is 10.2. The Morgan fingerprint density at radius 1 is 1.06 bits per heavy atom. The predicted octanol–water partition coefficient (Wildman–Crippen LogP) is 3.47. The lowest BCUT2D eigenvalue weighted by atomic mass is 10.1. The van der Waals surface area contributed by atoms with Gasteiger partial charge in [0, 0.05) is 6.61 Å². The molecule has 4 heteroatoms. The van der Waals surface area contributed by atoms with Crippen LogP contribution in [0.5, 0.6) is 0 Å². The fourth-order valence-corrected chi connectivity index (χ4v) is 1.59. The van der Waals surface area contributed by atoms with Crippen molar-refractivity contribution >= 4 is 28.6 Å². The molecule has 0 aromatic rings. The van der Waals surface area contributed by atoms with Gasteiger partial charge in [-0.2, -0.15) is 0 Å². The Hall–Kier alpha value is 0.160. The van der Waals surface area contributed by atoms with Crippen molar-refractivity contribution in [3.63, 3.8) is 0 Å². The number of alkyl halides is 1. The van der Waals surface area contributed by atoms with Crippen LogP contribution in [-0.4, -0.2) is 27.7 Å². The zero-order valence-electron chi connectivity index (χ0n) is 11.0. The van der Waals surface area contributed by atoms with Crippen LogP contribution in [0.2, 0.25) is 0 Å². The van der Waals surface area contributed by atoms with Crippen LogP contribution in [0.1, 0.15) is 58.8 Å². The summed E-state index contributed by atoms with van der Waals surface area (Å²) in [5, 5.41) is 8.61. The Morgan fingerprint density at radius 2 is 1.53 bits per heavy atom. The van der Waals surface area contributed by atoms with Crippen molar-refractivity contribution in [1.82, 2.24) is 0 Å². The Balaban J connectivity index is 3.22. The first kappa shape index (κ1) is 17.2. The molecule has 0 rings (SSSR count). The third kappa shape index (κ3) is 11.0. The summed E-state index contributed by atoms with van der Waals surface area (Å²) in [6, 6.07) is 0. The molecule has 0 fully saturated rings. The molecule has 0 saturated heterocycles. The van der Waals surface area contributed by atoms with Gasteiger partial charge in [0.15, 0.2) is 0 Å². The molecule has 0 aromatic heterocycles. The number of halogens is 1. The standard InChI is InChI=1S/C13H25IO3/c1-13(2,14)12(16)17-11-9-7-5-3-4-6-8-10-15/h15H,3-11H2,1-2H3. The van der Waals surface area contributed by atoms with E-state index in [2.05, 4.69) is 22.6 Å². The maximum atomic E-state index is 11.4.